The van der Waals surface area contributed by atoms with Gasteiger partial charge in [0.25, 0.3) is 0 Å². The Labute approximate surface area is 94.1 Å². The van der Waals surface area contributed by atoms with E-state index < -0.39 is 0 Å². The van der Waals surface area contributed by atoms with Gasteiger partial charge >= 0.3 is 0 Å². The van der Waals surface area contributed by atoms with E-state index in [-0.39, 0.29) is 0 Å². The highest BCUT2D eigenvalue weighted by atomic mass is 16.5. The van der Waals surface area contributed by atoms with Crippen molar-refractivity contribution < 1.29 is 4.74 Å². The Bertz CT molecular complexity index is 173. The molecule has 15 heavy (non-hydrogen) atoms. The van der Waals surface area contributed by atoms with Gasteiger partial charge in [0.15, 0.2) is 0 Å². The molecule has 0 saturated heterocycles. The summed E-state index contributed by atoms with van der Waals surface area (Å²) in [6.45, 7) is 5.89. The van der Waals surface area contributed by atoms with Crippen LogP contribution in [-0.2, 0) is 4.74 Å². The highest BCUT2D eigenvalue weighted by Crippen LogP contribution is 2.17. The van der Waals surface area contributed by atoms with Crippen molar-refractivity contribution in [3.63, 3.8) is 0 Å². The normalized spacial score (nSPS) is 20.9. The van der Waals surface area contributed by atoms with Crippen molar-refractivity contribution in [1.82, 2.24) is 5.32 Å². The second-order valence-corrected chi connectivity index (χ2v) is 4.46. The first-order valence-electron chi connectivity index (χ1n) is 6.29. The van der Waals surface area contributed by atoms with Crippen molar-refractivity contribution in [3.05, 3.63) is 12.2 Å². The maximum atomic E-state index is 5.62. The van der Waals surface area contributed by atoms with Crippen molar-refractivity contribution >= 4 is 0 Å². The zero-order valence-electron chi connectivity index (χ0n) is 10.2. The molecule has 0 heterocycles. The molecule has 1 rings (SSSR count). The quantitative estimate of drug-likeness (QED) is 0.682. The zero-order chi connectivity index (χ0) is 10.9. The monoisotopic (exact) mass is 211 g/mol. The number of ether oxygens (including phenoxy) is 1. The third-order valence-electron chi connectivity index (χ3n) is 3.01. The highest BCUT2D eigenvalue weighted by molar-refractivity contribution is 4.77. The van der Waals surface area contributed by atoms with E-state index in [1.165, 1.54) is 32.1 Å². The largest absolute Gasteiger partial charge is 0.373 e. The first-order valence-corrected chi connectivity index (χ1v) is 6.29. The van der Waals surface area contributed by atoms with Crippen LogP contribution in [0.2, 0.25) is 0 Å². The standard InChI is InChI=1S/C13H25NO/c1-3-4-10-15-12(2)11-14-13-8-6-5-7-9-13/h3-4,12-14H,5-11H2,1-2H3. The molecule has 0 radical (unpaired) electrons. The lowest BCUT2D eigenvalue weighted by Gasteiger charge is -2.24. The fourth-order valence-electron chi connectivity index (χ4n) is 2.01. The molecule has 2 nitrogen and oxygen atoms in total. The summed E-state index contributed by atoms with van der Waals surface area (Å²) in [6, 6.07) is 0.742. The summed E-state index contributed by atoms with van der Waals surface area (Å²) >= 11 is 0. The number of rotatable bonds is 6. The predicted molar refractivity (Wildman–Crippen MR) is 65.1 cm³/mol. The van der Waals surface area contributed by atoms with Crippen LogP contribution < -0.4 is 5.32 Å². The van der Waals surface area contributed by atoms with Gasteiger partial charge in [-0.15, -0.1) is 0 Å². The van der Waals surface area contributed by atoms with Crippen LogP contribution in [0.15, 0.2) is 12.2 Å². The van der Waals surface area contributed by atoms with Crippen LogP contribution in [-0.4, -0.2) is 25.3 Å². The van der Waals surface area contributed by atoms with Gasteiger partial charge in [-0.2, -0.15) is 0 Å². The van der Waals surface area contributed by atoms with Gasteiger partial charge in [-0.1, -0.05) is 31.4 Å². The Balaban J connectivity index is 2.02. The smallest absolute Gasteiger partial charge is 0.0675 e. The molecule has 1 aliphatic rings. The third kappa shape index (κ3) is 5.95. The average Bonchev–Trinajstić information content (AvgIpc) is 2.28. The minimum atomic E-state index is 0.322. The molecule has 1 fully saturated rings. The van der Waals surface area contributed by atoms with Gasteiger partial charge in [0.05, 0.1) is 12.7 Å². The predicted octanol–water partition coefficient (Wildman–Crippen LogP) is 2.89. The molecule has 0 aliphatic heterocycles. The van der Waals surface area contributed by atoms with E-state index in [4.69, 9.17) is 4.74 Å². The lowest BCUT2D eigenvalue weighted by Crippen LogP contribution is -2.36. The van der Waals surface area contributed by atoms with Gasteiger partial charge in [0, 0.05) is 12.6 Å². The van der Waals surface area contributed by atoms with E-state index in [1.54, 1.807) is 0 Å². The maximum Gasteiger partial charge on any atom is 0.0675 e. The molecule has 0 aromatic carbocycles. The zero-order valence-corrected chi connectivity index (χ0v) is 10.2. The van der Waals surface area contributed by atoms with Crippen molar-refractivity contribution in [1.29, 1.82) is 0 Å². The number of hydrogen-bond acceptors (Lipinski definition) is 2. The van der Waals surface area contributed by atoms with Crippen LogP contribution in [0.3, 0.4) is 0 Å². The molecule has 0 aromatic rings. The SMILES string of the molecule is CC=CCOC(C)CNC1CCCCC1. The second-order valence-electron chi connectivity index (χ2n) is 4.46. The minimum Gasteiger partial charge on any atom is -0.373 e. The van der Waals surface area contributed by atoms with Crippen LogP contribution in [0.5, 0.6) is 0 Å². The lowest BCUT2D eigenvalue weighted by molar-refractivity contribution is 0.0840. The Morgan fingerprint density at radius 3 is 2.73 bits per heavy atom. The molecule has 1 N–H and O–H groups in total. The van der Waals surface area contributed by atoms with Crippen LogP contribution in [0, 0.1) is 0 Å². The third-order valence-corrected chi connectivity index (χ3v) is 3.01. The highest BCUT2D eigenvalue weighted by Gasteiger charge is 2.13. The van der Waals surface area contributed by atoms with Crippen molar-refractivity contribution in [3.8, 4) is 0 Å². The first kappa shape index (κ1) is 12.7. The summed E-state index contributed by atoms with van der Waals surface area (Å²) in [7, 11) is 0. The Hall–Kier alpha value is -0.340. The van der Waals surface area contributed by atoms with Gasteiger partial charge in [0.1, 0.15) is 0 Å². The Morgan fingerprint density at radius 1 is 1.33 bits per heavy atom. The fraction of sp³-hybridized carbons (Fsp3) is 0.846. The number of nitrogens with one attached hydrogen (secondary N) is 1. The van der Waals surface area contributed by atoms with E-state index in [9.17, 15) is 0 Å². The number of allylic oxidation sites excluding steroid dienone is 1. The molecule has 0 aromatic heterocycles. The molecular weight excluding hydrogens is 186 g/mol. The van der Waals surface area contributed by atoms with E-state index >= 15 is 0 Å². The Kier molecular flexibility index (Phi) is 6.69. The molecule has 1 saturated carbocycles. The summed E-state index contributed by atoms with van der Waals surface area (Å²) in [5.74, 6) is 0. The molecule has 1 atom stereocenters. The van der Waals surface area contributed by atoms with E-state index in [2.05, 4.69) is 18.3 Å². The molecule has 1 aliphatic carbocycles. The first-order chi connectivity index (χ1) is 7.33. The summed E-state index contributed by atoms with van der Waals surface area (Å²) in [6.07, 6.45) is 11.3. The lowest BCUT2D eigenvalue weighted by atomic mass is 9.95. The van der Waals surface area contributed by atoms with Crippen LogP contribution in [0.25, 0.3) is 0 Å². The summed E-state index contributed by atoms with van der Waals surface area (Å²) in [4.78, 5) is 0. The van der Waals surface area contributed by atoms with Crippen LogP contribution >= 0.6 is 0 Å². The molecule has 0 spiro atoms. The molecule has 2 heteroatoms. The number of hydrogen-bond donors (Lipinski definition) is 1. The molecule has 0 bridgehead atoms. The van der Waals surface area contributed by atoms with Crippen molar-refractivity contribution in [2.75, 3.05) is 13.2 Å². The summed E-state index contributed by atoms with van der Waals surface area (Å²) < 4.78 is 5.62. The van der Waals surface area contributed by atoms with E-state index in [0.29, 0.717) is 6.10 Å². The van der Waals surface area contributed by atoms with Gasteiger partial charge in [-0.25, -0.2) is 0 Å². The van der Waals surface area contributed by atoms with Gasteiger partial charge in [0.2, 0.25) is 0 Å². The maximum absolute atomic E-state index is 5.62. The molecular formula is C13H25NO. The molecule has 0 amide bonds. The van der Waals surface area contributed by atoms with Crippen molar-refractivity contribution in [2.45, 2.75) is 58.1 Å². The van der Waals surface area contributed by atoms with E-state index in [1.807, 2.05) is 13.0 Å². The fourth-order valence-corrected chi connectivity index (χ4v) is 2.01. The molecule has 88 valence electrons. The minimum absolute atomic E-state index is 0.322. The topological polar surface area (TPSA) is 21.3 Å². The Morgan fingerprint density at radius 2 is 2.07 bits per heavy atom. The van der Waals surface area contributed by atoms with Crippen LogP contribution in [0.4, 0.5) is 0 Å². The average molecular weight is 211 g/mol. The van der Waals surface area contributed by atoms with Gasteiger partial charge in [-0.05, 0) is 26.7 Å². The van der Waals surface area contributed by atoms with Gasteiger partial charge in [-0.3, -0.25) is 0 Å². The van der Waals surface area contributed by atoms with Crippen LogP contribution in [0.1, 0.15) is 46.0 Å². The summed E-state index contributed by atoms with van der Waals surface area (Å²) in [5.41, 5.74) is 0. The van der Waals surface area contributed by atoms with E-state index in [0.717, 1.165) is 19.2 Å². The van der Waals surface area contributed by atoms with Crippen molar-refractivity contribution in [2.24, 2.45) is 0 Å². The molecule has 1 unspecified atom stereocenters. The summed E-state index contributed by atoms with van der Waals surface area (Å²) in [5, 5.41) is 3.60. The van der Waals surface area contributed by atoms with Gasteiger partial charge < -0.3 is 10.1 Å². The second kappa shape index (κ2) is 7.89.